The maximum atomic E-state index is 12.1. The third-order valence-electron chi connectivity index (χ3n) is 4.79. The molecule has 152 valence electrons. The number of aliphatic hydroxyl groups is 1. The van der Waals surface area contributed by atoms with Crippen LogP contribution in [0.2, 0.25) is 0 Å². The van der Waals surface area contributed by atoms with Crippen molar-refractivity contribution in [3.05, 3.63) is 52.0 Å². The number of aromatic nitrogens is 1. The monoisotopic (exact) mass is 403 g/mol. The molecule has 2 atom stereocenters. The summed E-state index contributed by atoms with van der Waals surface area (Å²) in [5, 5.41) is 10.3. The minimum absolute atomic E-state index is 0.0270. The second-order valence-corrected chi connectivity index (χ2v) is 7.77. The molecule has 0 radical (unpaired) electrons. The summed E-state index contributed by atoms with van der Waals surface area (Å²) in [6.07, 6.45) is 13.6. The standard InChI is InChI=1S/C22H29NO4S/c1-3-21-19(23-15-28-21)14-17(24)11-12-18-16(10-13-20(18)25)8-6-4-5-7-9-22(26)27-2/h4,6,10,12-13,15-17,24H,3,5,7-9,11,14H2,1-2H3. The molecule has 0 amide bonds. The summed E-state index contributed by atoms with van der Waals surface area (Å²) in [6, 6.07) is 0. The molecule has 1 N–H and O–H groups in total. The van der Waals surface area contributed by atoms with Crippen LogP contribution in [0.4, 0.5) is 0 Å². The number of nitrogens with zero attached hydrogens (tertiary/aromatic N) is 1. The number of methoxy groups -OCH3 is 1. The van der Waals surface area contributed by atoms with Gasteiger partial charge in [0.2, 0.25) is 0 Å². The van der Waals surface area contributed by atoms with Crippen LogP contribution in [0.25, 0.3) is 0 Å². The third kappa shape index (κ3) is 6.84. The molecule has 1 aliphatic carbocycles. The van der Waals surface area contributed by atoms with Crippen molar-refractivity contribution in [1.29, 1.82) is 0 Å². The van der Waals surface area contributed by atoms with E-state index in [1.165, 1.54) is 12.0 Å². The Morgan fingerprint density at radius 1 is 1.43 bits per heavy atom. The highest BCUT2D eigenvalue weighted by Crippen LogP contribution is 2.26. The Balaban J connectivity index is 1.81. The van der Waals surface area contributed by atoms with E-state index in [1.54, 1.807) is 17.4 Å². The molecule has 0 aromatic carbocycles. The van der Waals surface area contributed by atoms with E-state index in [0.717, 1.165) is 37.0 Å². The number of thiazole rings is 1. The Hall–Kier alpha value is -2.05. The van der Waals surface area contributed by atoms with E-state index in [0.29, 0.717) is 19.3 Å². The zero-order chi connectivity index (χ0) is 20.4. The van der Waals surface area contributed by atoms with Crippen LogP contribution < -0.4 is 0 Å². The number of hydrogen-bond donors (Lipinski definition) is 1. The van der Waals surface area contributed by atoms with E-state index >= 15 is 0 Å². The van der Waals surface area contributed by atoms with E-state index in [9.17, 15) is 14.7 Å². The van der Waals surface area contributed by atoms with Gasteiger partial charge in [-0.3, -0.25) is 9.59 Å². The number of aryl methyl sites for hydroxylation is 1. The van der Waals surface area contributed by atoms with Crippen LogP contribution in [0.3, 0.4) is 0 Å². The number of aliphatic hydroxyl groups excluding tert-OH is 1. The fraction of sp³-hybridized carbons (Fsp3) is 0.500. The zero-order valence-corrected chi connectivity index (χ0v) is 17.4. The van der Waals surface area contributed by atoms with Gasteiger partial charge in [-0.2, -0.15) is 0 Å². The van der Waals surface area contributed by atoms with Gasteiger partial charge in [-0.1, -0.05) is 31.2 Å². The highest BCUT2D eigenvalue weighted by atomic mass is 32.1. The summed E-state index contributed by atoms with van der Waals surface area (Å²) in [7, 11) is 1.39. The largest absolute Gasteiger partial charge is 0.469 e. The summed E-state index contributed by atoms with van der Waals surface area (Å²) in [5.74, 6) is -0.105. The van der Waals surface area contributed by atoms with Crippen molar-refractivity contribution >= 4 is 23.1 Å². The third-order valence-corrected chi connectivity index (χ3v) is 5.80. The van der Waals surface area contributed by atoms with Gasteiger partial charge in [0.25, 0.3) is 0 Å². The van der Waals surface area contributed by atoms with Gasteiger partial charge < -0.3 is 9.84 Å². The number of allylic oxidation sites excluding steroid dienone is 5. The summed E-state index contributed by atoms with van der Waals surface area (Å²) >= 11 is 1.62. The molecule has 2 rings (SSSR count). The summed E-state index contributed by atoms with van der Waals surface area (Å²) in [6.45, 7) is 2.09. The SMILES string of the molecule is CCc1scnc1CC(O)CC=C1C(=O)C=CC1CC=CCCCC(=O)OC. The smallest absolute Gasteiger partial charge is 0.305 e. The predicted molar refractivity (Wildman–Crippen MR) is 111 cm³/mol. The first-order valence-corrected chi connectivity index (χ1v) is 10.7. The average Bonchev–Trinajstić information content (AvgIpc) is 3.28. The Morgan fingerprint density at radius 3 is 3.00 bits per heavy atom. The number of ketones is 1. The first-order chi connectivity index (χ1) is 13.5. The van der Waals surface area contributed by atoms with Crippen LogP contribution in [-0.4, -0.2) is 35.1 Å². The highest BCUT2D eigenvalue weighted by molar-refractivity contribution is 7.09. The molecule has 0 bridgehead atoms. The summed E-state index contributed by atoms with van der Waals surface area (Å²) in [4.78, 5) is 28.8. The van der Waals surface area contributed by atoms with Crippen molar-refractivity contribution in [1.82, 2.24) is 4.98 Å². The molecule has 28 heavy (non-hydrogen) atoms. The van der Waals surface area contributed by atoms with E-state index < -0.39 is 6.10 Å². The van der Waals surface area contributed by atoms with Crippen molar-refractivity contribution in [3.8, 4) is 0 Å². The van der Waals surface area contributed by atoms with Crippen LogP contribution >= 0.6 is 11.3 Å². The lowest BCUT2D eigenvalue weighted by atomic mass is 9.95. The van der Waals surface area contributed by atoms with Gasteiger partial charge in [-0.05, 0) is 38.2 Å². The summed E-state index contributed by atoms with van der Waals surface area (Å²) in [5.41, 5.74) is 3.53. The molecule has 1 aromatic rings. The Labute approximate surface area is 170 Å². The zero-order valence-electron chi connectivity index (χ0n) is 16.6. The number of rotatable bonds is 11. The summed E-state index contributed by atoms with van der Waals surface area (Å²) < 4.78 is 4.61. The second kappa shape index (κ2) is 11.7. The molecule has 2 unspecified atom stereocenters. The van der Waals surface area contributed by atoms with Crippen molar-refractivity contribution in [2.75, 3.05) is 7.11 Å². The lowest BCUT2D eigenvalue weighted by Crippen LogP contribution is -2.12. The molecule has 0 fully saturated rings. The topological polar surface area (TPSA) is 76.5 Å². The second-order valence-electron chi connectivity index (χ2n) is 6.83. The van der Waals surface area contributed by atoms with Gasteiger partial charge in [-0.25, -0.2) is 4.98 Å². The first kappa shape index (κ1) is 22.2. The Kier molecular flexibility index (Phi) is 9.31. The lowest BCUT2D eigenvalue weighted by molar-refractivity contribution is -0.140. The Morgan fingerprint density at radius 2 is 2.25 bits per heavy atom. The molecule has 1 aromatic heterocycles. The predicted octanol–water partition coefficient (Wildman–Crippen LogP) is 3.97. The van der Waals surface area contributed by atoms with Gasteiger partial charge in [0.1, 0.15) is 0 Å². The average molecular weight is 404 g/mol. The maximum Gasteiger partial charge on any atom is 0.305 e. The molecule has 0 aliphatic heterocycles. The van der Waals surface area contributed by atoms with Crippen LogP contribution in [0.15, 0.2) is 41.5 Å². The molecule has 1 heterocycles. The molecule has 0 spiro atoms. The van der Waals surface area contributed by atoms with Gasteiger partial charge in [0.05, 0.1) is 24.4 Å². The Bertz CT molecular complexity index is 747. The number of unbranched alkanes of at least 4 members (excludes halogenated alkanes) is 1. The van der Waals surface area contributed by atoms with E-state index in [2.05, 4.69) is 22.7 Å². The molecular weight excluding hydrogens is 374 g/mol. The number of ether oxygens (including phenoxy) is 1. The lowest BCUT2D eigenvalue weighted by Gasteiger charge is -2.11. The van der Waals surface area contributed by atoms with Crippen LogP contribution in [-0.2, 0) is 27.2 Å². The van der Waals surface area contributed by atoms with Gasteiger partial charge in [-0.15, -0.1) is 11.3 Å². The van der Waals surface area contributed by atoms with E-state index in [1.807, 2.05) is 23.7 Å². The number of esters is 1. The van der Waals surface area contributed by atoms with Gasteiger partial charge in [0, 0.05) is 29.2 Å². The van der Waals surface area contributed by atoms with Crippen LogP contribution in [0.1, 0.15) is 49.6 Å². The van der Waals surface area contributed by atoms with Gasteiger partial charge >= 0.3 is 5.97 Å². The van der Waals surface area contributed by atoms with E-state index in [4.69, 9.17) is 0 Å². The van der Waals surface area contributed by atoms with Crippen molar-refractivity contribution in [2.24, 2.45) is 5.92 Å². The quantitative estimate of drug-likeness (QED) is 0.262. The van der Waals surface area contributed by atoms with Crippen LogP contribution in [0.5, 0.6) is 0 Å². The highest BCUT2D eigenvalue weighted by Gasteiger charge is 2.22. The number of carbonyl (C=O) groups is 2. The molecule has 0 saturated carbocycles. The van der Waals surface area contributed by atoms with Crippen molar-refractivity contribution < 1.29 is 19.4 Å². The minimum Gasteiger partial charge on any atom is -0.469 e. The normalized spacial score (nSPS) is 19.0. The first-order valence-electron chi connectivity index (χ1n) is 9.78. The van der Waals surface area contributed by atoms with E-state index in [-0.39, 0.29) is 17.7 Å². The van der Waals surface area contributed by atoms with Gasteiger partial charge in [0.15, 0.2) is 5.78 Å². The molecule has 1 aliphatic rings. The number of carbonyl (C=O) groups excluding carboxylic acids is 2. The molecule has 0 saturated heterocycles. The van der Waals surface area contributed by atoms with Crippen LogP contribution in [0, 0.1) is 5.92 Å². The number of hydrogen-bond acceptors (Lipinski definition) is 6. The van der Waals surface area contributed by atoms with Crippen molar-refractivity contribution in [3.63, 3.8) is 0 Å². The molecule has 6 heteroatoms. The molecule has 5 nitrogen and oxygen atoms in total. The van der Waals surface area contributed by atoms with Crippen molar-refractivity contribution in [2.45, 2.75) is 58.0 Å². The molecular formula is C22H29NO4S. The maximum absolute atomic E-state index is 12.1. The fourth-order valence-electron chi connectivity index (χ4n) is 3.19. The minimum atomic E-state index is -0.539. The fourth-order valence-corrected chi connectivity index (χ4v) is 3.93.